The minimum Gasteiger partial charge on any atom is -0.497 e. The van der Waals surface area contributed by atoms with Gasteiger partial charge in [0, 0.05) is 6.04 Å². The highest BCUT2D eigenvalue weighted by Gasteiger charge is 2.07. The molecule has 0 saturated carbocycles. The van der Waals surface area contributed by atoms with Gasteiger partial charge in [-0.05, 0) is 41.0 Å². The number of rotatable bonds is 7. The van der Waals surface area contributed by atoms with E-state index >= 15 is 0 Å². The van der Waals surface area contributed by atoms with Crippen molar-refractivity contribution in [2.45, 2.75) is 45.1 Å². The minimum atomic E-state index is 0.151. The zero-order valence-electron chi connectivity index (χ0n) is 12.6. The Morgan fingerprint density at radius 2 is 1.75 bits per heavy atom. The number of hydrogen-bond donors (Lipinski definition) is 1. The maximum atomic E-state index is 6.30. The summed E-state index contributed by atoms with van der Waals surface area (Å²) in [7, 11) is 1.70. The van der Waals surface area contributed by atoms with Gasteiger partial charge in [0.2, 0.25) is 0 Å². The van der Waals surface area contributed by atoms with Crippen LogP contribution in [0.3, 0.4) is 0 Å². The Labute approximate surface area is 121 Å². The molecule has 0 radical (unpaired) electrons. The molecule has 108 valence electrons. The van der Waals surface area contributed by atoms with Gasteiger partial charge in [0.25, 0.3) is 0 Å². The summed E-state index contributed by atoms with van der Waals surface area (Å²) in [5, 5.41) is 2.43. The van der Waals surface area contributed by atoms with E-state index in [1.807, 2.05) is 6.07 Å². The summed E-state index contributed by atoms with van der Waals surface area (Å²) in [5.74, 6) is 0.897. The molecule has 2 heteroatoms. The standard InChI is InChI=1S/C18H25NO/c1-3-4-5-6-7-18(19)16-9-8-15-13-17(20-2)11-10-14(15)12-16/h8-13,18H,3-7,19H2,1-2H3. The van der Waals surface area contributed by atoms with Crippen molar-refractivity contribution < 1.29 is 4.74 Å². The van der Waals surface area contributed by atoms with Crippen molar-refractivity contribution in [1.29, 1.82) is 0 Å². The lowest BCUT2D eigenvalue weighted by atomic mass is 9.98. The van der Waals surface area contributed by atoms with Crippen LogP contribution in [0.5, 0.6) is 5.75 Å². The van der Waals surface area contributed by atoms with Gasteiger partial charge in [0.05, 0.1) is 7.11 Å². The van der Waals surface area contributed by atoms with Crippen molar-refractivity contribution in [1.82, 2.24) is 0 Å². The lowest BCUT2D eigenvalue weighted by Gasteiger charge is -2.13. The third-order valence-electron chi connectivity index (χ3n) is 3.87. The third kappa shape index (κ3) is 3.73. The minimum absolute atomic E-state index is 0.151. The summed E-state index contributed by atoms with van der Waals surface area (Å²) in [4.78, 5) is 0. The van der Waals surface area contributed by atoms with Crippen molar-refractivity contribution in [2.75, 3.05) is 7.11 Å². The predicted octanol–water partition coefficient (Wildman–Crippen LogP) is 4.82. The van der Waals surface area contributed by atoms with E-state index in [2.05, 4.69) is 37.3 Å². The summed E-state index contributed by atoms with van der Waals surface area (Å²) in [6.07, 6.45) is 6.16. The maximum Gasteiger partial charge on any atom is 0.119 e. The lowest BCUT2D eigenvalue weighted by Crippen LogP contribution is -2.09. The van der Waals surface area contributed by atoms with Gasteiger partial charge in [0.1, 0.15) is 5.75 Å². The highest BCUT2D eigenvalue weighted by Crippen LogP contribution is 2.25. The van der Waals surface area contributed by atoms with Gasteiger partial charge in [-0.1, -0.05) is 50.8 Å². The van der Waals surface area contributed by atoms with Crippen LogP contribution in [0.2, 0.25) is 0 Å². The second kappa shape index (κ2) is 7.30. The monoisotopic (exact) mass is 271 g/mol. The van der Waals surface area contributed by atoms with Gasteiger partial charge in [-0.25, -0.2) is 0 Å². The van der Waals surface area contributed by atoms with Crippen molar-refractivity contribution in [3.8, 4) is 5.75 Å². The van der Waals surface area contributed by atoms with Crippen molar-refractivity contribution in [2.24, 2.45) is 5.73 Å². The molecule has 0 saturated heterocycles. The molecule has 20 heavy (non-hydrogen) atoms. The Morgan fingerprint density at radius 3 is 2.50 bits per heavy atom. The van der Waals surface area contributed by atoms with E-state index in [0.717, 1.165) is 12.2 Å². The zero-order valence-corrected chi connectivity index (χ0v) is 12.6. The smallest absolute Gasteiger partial charge is 0.119 e. The molecule has 1 unspecified atom stereocenters. The number of benzene rings is 2. The van der Waals surface area contributed by atoms with Crippen LogP contribution in [0.25, 0.3) is 10.8 Å². The fraction of sp³-hybridized carbons (Fsp3) is 0.444. The number of ether oxygens (including phenoxy) is 1. The number of unbranched alkanes of at least 4 members (excludes halogenated alkanes) is 3. The summed E-state index contributed by atoms with van der Waals surface area (Å²) in [6, 6.07) is 12.8. The van der Waals surface area contributed by atoms with Crippen LogP contribution in [0.4, 0.5) is 0 Å². The average molecular weight is 271 g/mol. The van der Waals surface area contributed by atoms with Gasteiger partial charge in [-0.3, -0.25) is 0 Å². The highest BCUT2D eigenvalue weighted by molar-refractivity contribution is 5.84. The summed E-state index contributed by atoms with van der Waals surface area (Å²) in [5.41, 5.74) is 7.53. The summed E-state index contributed by atoms with van der Waals surface area (Å²) >= 11 is 0. The number of nitrogens with two attached hydrogens (primary N) is 1. The Bertz CT molecular complexity index is 550. The predicted molar refractivity (Wildman–Crippen MR) is 86.2 cm³/mol. The topological polar surface area (TPSA) is 35.2 Å². The highest BCUT2D eigenvalue weighted by atomic mass is 16.5. The first-order chi connectivity index (χ1) is 9.74. The van der Waals surface area contributed by atoms with Gasteiger partial charge >= 0.3 is 0 Å². The molecule has 0 bridgehead atoms. The van der Waals surface area contributed by atoms with Gasteiger partial charge in [-0.2, -0.15) is 0 Å². The lowest BCUT2D eigenvalue weighted by molar-refractivity contribution is 0.415. The Kier molecular flexibility index (Phi) is 5.42. The molecular weight excluding hydrogens is 246 g/mol. The number of methoxy groups -OCH3 is 1. The molecule has 0 fully saturated rings. The Morgan fingerprint density at radius 1 is 1.00 bits per heavy atom. The van der Waals surface area contributed by atoms with Crippen molar-refractivity contribution in [3.05, 3.63) is 42.0 Å². The van der Waals surface area contributed by atoms with Crippen LogP contribution in [0.15, 0.2) is 36.4 Å². The van der Waals surface area contributed by atoms with E-state index in [0.29, 0.717) is 0 Å². The van der Waals surface area contributed by atoms with E-state index in [9.17, 15) is 0 Å². The molecule has 0 aliphatic carbocycles. The van der Waals surface area contributed by atoms with Crippen molar-refractivity contribution >= 4 is 10.8 Å². The van der Waals surface area contributed by atoms with E-state index in [-0.39, 0.29) is 6.04 Å². The molecule has 0 aromatic heterocycles. The third-order valence-corrected chi connectivity index (χ3v) is 3.87. The van der Waals surface area contributed by atoms with Crippen molar-refractivity contribution in [3.63, 3.8) is 0 Å². The molecule has 2 N–H and O–H groups in total. The fourth-order valence-electron chi connectivity index (χ4n) is 2.56. The molecule has 2 rings (SSSR count). The molecule has 0 aliphatic rings. The molecule has 0 aliphatic heterocycles. The van der Waals surface area contributed by atoms with Crippen LogP contribution in [0, 0.1) is 0 Å². The zero-order chi connectivity index (χ0) is 14.4. The van der Waals surface area contributed by atoms with E-state index in [4.69, 9.17) is 10.5 Å². The second-order valence-electron chi connectivity index (χ2n) is 5.43. The molecule has 0 amide bonds. The first-order valence-electron chi connectivity index (χ1n) is 7.58. The fourth-order valence-corrected chi connectivity index (χ4v) is 2.56. The van der Waals surface area contributed by atoms with E-state index < -0.39 is 0 Å². The number of fused-ring (bicyclic) bond motifs is 1. The molecule has 0 heterocycles. The summed E-state index contributed by atoms with van der Waals surface area (Å²) in [6.45, 7) is 2.23. The van der Waals surface area contributed by atoms with E-state index in [1.54, 1.807) is 7.11 Å². The van der Waals surface area contributed by atoms with Gasteiger partial charge < -0.3 is 10.5 Å². The van der Waals surface area contributed by atoms with Crippen LogP contribution < -0.4 is 10.5 Å². The largest absolute Gasteiger partial charge is 0.497 e. The first-order valence-corrected chi connectivity index (χ1v) is 7.58. The van der Waals surface area contributed by atoms with Crippen LogP contribution in [0.1, 0.15) is 50.6 Å². The Hall–Kier alpha value is -1.54. The molecule has 2 aromatic carbocycles. The second-order valence-corrected chi connectivity index (χ2v) is 5.43. The molecule has 2 nitrogen and oxygen atoms in total. The average Bonchev–Trinajstić information content (AvgIpc) is 2.50. The van der Waals surface area contributed by atoms with E-state index in [1.165, 1.54) is 42.0 Å². The van der Waals surface area contributed by atoms with Gasteiger partial charge in [-0.15, -0.1) is 0 Å². The first kappa shape index (κ1) is 14.9. The molecule has 2 aromatic rings. The number of hydrogen-bond acceptors (Lipinski definition) is 2. The van der Waals surface area contributed by atoms with Crippen LogP contribution >= 0.6 is 0 Å². The SMILES string of the molecule is CCCCCCC(N)c1ccc2cc(OC)ccc2c1. The van der Waals surface area contributed by atoms with Crippen LogP contribution in [-0.2, 0) is 0 Å². The Balaban J connectivity index is 2.07. The summed E-state index contributed by atoms with van der Waals surface area (Å²) < 4.78 is 5.25. The normalized spacial score (nSPS) is 12.6. The molecule has 0 spiro atoms. The molecular formula is C18H25NO. The maximum absolute atomic E-state index is 6.30. The quantitative estimate of drug-likeness (QED) is 0.733. The van der Waals surface area contributed by atoms with Crippen LogP contribution in [-0.4, -0.2) is 7.11 Å². The van der Waals surface area contributed by atoms with Gasteiger partial charge in [0.15, 0.2) is 0 Å². The molecule has 1 atom stereocenters.